The number of hydrogen-bond donors (Lipinski definition) is 2. The maximum absolute atomic E-state index is 12.8. The molecule has 5 heteroatoms. The summed E-state index contributed by atoms with van der Waals surface area (Å²) >= 11 is 5.79. The summed E-state index contributed by atoms with van der Waals surface area (Å²) in [5.41, 5.74) is 1.07. The van der Waals surface area contributed by atoms with Gasteiger partial charge in [-0.2, -0.15) is 0 Å². The van der Waals surface area contributed by atoms with Crippen molar-refractivity contribution >= 4 is 29.3 Å². The molecule has 1 atom stereocenters. The zero-order valence-electron chi connectivity index (χ0n) is 7.50. The van der Waals surface area contributed by atoms with E-state index in [-0.39, 0.29) is 5.82 Å². The van der Waals surface area contributed by atoms with Crippen LogP contribution < -0.4 is 5.32 Å². The normalized spacial score (nSPS) is 23.1. The Labute approximate surface area is 90.2 Å². The summed E-state index contributed by atoms with van der Waals surface area (Å²) < 4.78 is 12.8. The Hall–Kier alpha value is -1.55. The largest absolute Gasteiger partial charge is 0.478 e. The van der Waals surface area contributed by atoms with E-state index in [4.69, 9.17) is 16.7 Å². The van der Waals surface area contributed by atoms with Gasteiger partial charge in [-0.05, 0) is 24.3 Å². The first-order valence-electron chi connectivity index (χ1n) is 4.20. The van der Waals surface area contributed by atoms with Gasteiger partial charge in [0.25, 0.3) is 0 Å². The molecule has 1 heterocycles. The van der Waals surface area contributed by atoms with Crippen LogP contribution in [0.25, 0.3) is 6.08 Å². The Morgan fingerprint density at radius 1 is 1.53 bits per heavy atom. The van der Waals surface area contributed by atoms with Gasteiger partial charge in [-0.15, -0.1) is 0 Å². The fourth-order valence-electron chi connectivity index (χ4n) is 1.35. The third-order valence-corrected chi connectivity index (χ3v) is 2.52. The van der Waals surface area contributed by atoms with E-state index < -0.39 is 11.0 Å². The number of aliphatic carboxylic acids is 1. The van der Waals surface area contributed by atoms with E-state index in [1.807, 2.05) is 0 Å². The zero-order chi connectivity index (χ0) is 11.1. The molecule has 2 N–H and O–H groups in total. The Kier molecular flexibility index (Phi) is 2.16. The standard InChI is InChI=1S/C10H7ClFNO2/c11-10(9(14)15)4-3-6-5-7(12)1-2-8(6)13-10/h1-5,13H,(H,14,15). The summed E-state index contributed by atoms with van der Waals surface area (Å²) in [6.07, 6.45) is 2.76. The predicted octanol–water partition coefficient (Wildman–Crippen LogP) is 2.28. The van der Waals surface area contributed by atoms with Crippen LogP contribution in [0.4, 0.5) is 10.1 Å². The van der Waals surface area contributed by atoms with Crippen molar-refractivity contribution in [2.75, 3.05) is 5.32 Å². The highest BCUT2D eigenvalue weighted by atomic mass is 35.5. The summed E-state index contributed by atoms with van der Waals surface area (Å²) in [7, 11) is 0. The van der Waals surface area contributed by atoms with Crippen LogP contribution in [0, 0.1) is 5.82 Å². The van der Waals surface area contributed by atoms with Crippen LogP contribution in [-0.4, -0.2) is 16.1 Å². The number of rotatable bonds is 1. The Morgan fingerprint density at radius 2 is 2.27 bits per heavy atom. The Morgan fingerprint density at radius 3 is 2.93 bits per heavy atom. The first-order chi connectivity index (χ1) is 7.01. The molecule has 0 aromatic heterocycles. The molecule has 0 bridgehead atoms. The third-order valence-electron chi connectivity index (χ3n) is 2.13. The summed E-state index contributed by atoms with van der Waals surface area (Å²) in [5.74, 6) is -1.58. The van der Waals surface area contributed by atoms with Gasteiger partial charge in [0.15, 0.2) is 0 Å². The van der Waals surface area contributed by atoms with Gasteiger partial charge in [-0.25, -0.2) is 9.18 Å². The molecule has 1 unspecified atom stereocenters. The SMILES string of the molecule is O=C(O)C1(Cl)C=Cc2cc(F)ccc2N1. The second kappa shape index (κ2) is 3.24. The molecule has 3 nitrogen and oxygen atoms in total. The lowest BCUT2D eigenvalue weighted by atomic mass is 10.1. The molecule has 1 aromatic carbocycles. The van der Waals surface area contributed by atoms with E-state index in [1.54, 1.807) is 0 Å². The number of benzene rings is 1. The monoisotopic (exact) mass is 227 g/mol. The molecule has 1 aliphatic rings. The fourth-order valence-corrected chi connectivity index (χ4v) is 1.52. The van der Waals surface area contributed by atoms with Gasteiger partial charge in [0.2, 0.25) is 5.00 Å². The highest BCUT2D eigenvalue weighted by molar-refractivity contribution is 6.37. The van der Waals surface area contributed by atoms with E-state index in [1.165, 1.54) is 30.4 Å². The smallest absolute Gasteiger partial charge is 0.349 e. The number of halogens is 2. The molecule has 0 spiro atoms. The van der Waals surface area contributed by atoms with Crippen molar-refractivity contribution in [2.45, 2.75) is 5.00 Å². The fraction of sp³-hybridized carbons (Fsp3) is 0.100. The molecule has 15 heavy (non-hydrogen) atoms. The van der Waals surface area contributed by atoms with Crippen LogP contribution in [-0.2, 0) is 4.79 Å². The minimum Gasteiger partial charge on any atom is -0.478 e. The van der Waals surface area contributed by atoms with E-state index in [9.17, 15) is 9.18 Å². The number of carboxylic acids is 1. The minimum atomic E-state index is -1.65. The Bertz CT molecular complexity index is 461. The summed E-state index contributed by atoms with van der Waals surface area (Å²) in [6, 6.07) is 4.00. The number of hydrogen-bond acceptors (Lipinski definition) is 2. The highest BCUT2D eigenvalue weighted by Crippen LogP contribution is 2.31. The lowest BCUT2D eigenvalue weighted by Gasteiger charge is -2.26. The van der Waals surface area contributed by atoms with Gasteiger partial charge in [0.1, 0.15) is 5.82 Å². The second-order valence-electron chi connectivity index (χ2n) is 3.21. The van der Waals surface area contributed by atoms with E-state index in [2.05, 4.69) is 5.32 Å². The molecule has 0 amide bonds. The zero-order valence-corrected chi connectivity index (χ0v) is 8.25. The summed E-state index contributed by atoms with van der Waals surface area (Å²) in [6.45, 7) is 0. The quantitative estimate of drug-likeness (QED) is 0.572. The predicted molar refractivity (Wildman–Crippen MR) is 55.3 cm³/mol. The van der Waals surface area contributed by atoms with E-state index in [0.717, 1.165) is 0 Å². The van der Waals surface area contributed by atoms with Crippen LogP contribution in [0.2, 0.25) is 0 Å². The lowest BCUT2D eigenvalue weighted by molar-refractivity contribution is -0.138. The van der Waals surface area contributed by atoms with Crippen molar-refractivity contribution in [1.82, 2.24) is 0 Å². The third kappa shape index (κ3) is 1.68. The van der Waals surface area contributed by atoms with Gasteiger partial charge in [-0.3, -0.25) is 0 Å². The lowest BCUT2D eigenvalue weighted by Crippen LogP contribution is -2.40. The molecule has 0 saturated carbocycles. The molecule has 0 saturated heterocycles. The summed E-state index contributed by atoms with van der Waals surface area (Å²) in [5, 5.41) is 11.5. The van der Waals surface area contributed by atoms with Gasteiger partial charge in [0, 0.05) is 11.3 Å². The van der Waals surface area contributed by atoms with Crippen LogP contribution in [0.5, 0.6) is 0 Å². The van der Waals surface area contributed by atoms with E-state index in [0.29, 0.717) is 11.3 Å². The molecule has 0 aliphatic carbocycles. The van der Waals surface area contributed by atoms with E-state index >= 15 is 0 Å². The first-order valence-corrected chi connectivity index (χ1v) is 4.58. The molecule has 1 aliphatic heterocycles. The molecule has 78 valence electrons. The van der Waals surface area contributed by atoms with Crippen molar-refractivity contribution in [3.8, 4) is 0 Å². The maximum atomic E-state index is 12.8. The van der Waals surface area contributed by atoms with Crippen LogP contribution in [0.15, 0.2) is 24.3 Å². The molecular weight excluding hydrogens is 221 g/mol. The topological polar surface area (TPSA) is 49.3 Å². The van der Waals surface area contributed by atoms with Gasteiger partial charge >= 0.3 is 5.97 Å². The highest BCUT2D eigenvalue weighted by Gasteiger charge is 2.35. The molecule has 0 fully saturated rings. The number of nitrogens with one attached hydrogen (secondary N) is 1. The number of carboxylic acid groups (broad SMARTS) is 1. The minimum absolute atomic E-state index is 0.377. The molecule has 0 radical (unpaired) electrons. The van der Waals surface area contributed by atoms with Crippen molar-refractivity contribution in [1.29, 1.82) is 0 Å². The molecule has 1 aromatic rings. The number of anilines is 1. The Balaban J connectivity index is 2.44. The van der Waals surface area contributed by atoms with Crippen molar-refractivity contribution in [2.24, 2.45) is 0 Å². The number of carbonyl (C=O) groups is 1. The second-order valence-corrected chi connectivity index (χ2v) is 3.80. The van der Waals surface area contributed by atoms with Crippen LogP contribution >= 0.6 is 11.6 Å². The maximum Gasteiger partial charge on any atom is 0.349 e. The average molecular weight is 228 g/mol. The summed E-state index contributed by atoms with van der Waals surface area (Å²) in [4.78, 5) is 9.19. The first kappa shape index (κ1) is 9.98. The average Bonchev–Trinajstić information content (AvgIpc) is 2.18. The van der Waals surface area contributed by atoms with Gasteiger partial charge < -0.3 is 10.4 Å². The van der Waals surface area contributed by atoms with Gasteiger partial charge in [0.05, 0.1) is 0 Å². The van der Waals surface area contributed by atoms with Crippen molar-refractivity contribution < 1.29 is 14.3 Å². The van der Waals surface area contributed by atoms with Crippen LogP contribution in [0.3, 0.4) is 0 Å². The van der Waals surface area contributed by atoms with Crippen molar-refractivity contribution in [3.05, 3.63) is 35.7 Å². The van der Waals surface area contributed by atoms with Crippen LogP contribution in [0.1, 0.15) is 5.56 Å². The van der Waals surface area contributed by atoms with Gasteiger partial charge in [-0.1, -0.05) is 17.7 Å². The molecule has 2 rings (SSSR count). The number of fused-ring (bicyclic) bond motifs is 1. The van der Waals surface area contributed by atoms with Crippen molar-refractivity contribution in [3.63, 3.8) is 0 Å². The molecular formula is C10H7ClFNO2. The number of alkyl halides is 1.